The number of aromatic nitrogens is 3. The number of H-pyrrole nitrogens is 1. The first-order valence-corrected chi connectivity index (χ1v) is 10.7. The van der Waals surface area contributed by atoms with Crippen LogP contribution < -0.4 is 10.2 Å². The molecule has 2 amide bonds. The largest absolute Gasteiger partial charge is 0.383 e. The summed E-state index contributed by atoms with van der Waals surface area (Å²) in [6.07, 6.45) is 1.44. The van der Waals surface area contributed by atoms with Gasteiger partial charge in [-0.05, 0) is 55.8 Å². The number of nitrogens with zero attached hydrogens (tertiary/aromatic N) is 3. The van der Waals surface area contributed by atoms with Crippen LogP contribution in [0.15, 0.2) is 48.8 Å². The molecule has 2 aromatic heterocycles. The van der Waals surface area contributed by atoms with Crippen LogP contribution in [0.4, 0.5) is 20.6 Å². The molecule has 0 aliphatic heterocycles. The number of halogens is 2. The Bertz CT molecular complexity index is 1310. The fourth-order valence-corrected chi connectivity index (χ4v) is 3.74. The molecule has 2 aromatic carbocycles. The normalized spacial score (nSPS) is 11.1. The molecule has 0 atom stereocenters. The average molecular weight is 468 g/mol. The number of nitrogens with one attached hydrogen (secondary N) is 2. The van der Waals surface area contributed by atoms with Crippen LogP contribution in [0.1, 0.15) is 11.3 Å². The van der Waals surface area contributed by atoms with Crippen LogP contribution in [0.2, 0.25) is 5.02 Å². The van der Waals surface area contributed by atoms with E-state index in [1.807, 2.05) is 13.8 Å². The zero-order chi connectivity index (χ0) is 23.5. The predicted molar refractivity (Wildman–Crippen MR) is 128 cm³/mol. The monoisotopic (exact) mass is 467 g/mol. The standard InChI is InChI=1S/C24H23ClFN5O2/c1-14-15(2)29-23-21(14)22(27-13-28-23)16-4-9-20(19(26)12-16)30-24(32)31(10-11-33-3)18-7-5-17(25)6-8-18/h4-9,12-13H,10-11H2,1-3H3,(H,30,32)(H,27,28,29). The summed E-state index contributed by atoms with van der Waals surface area (Å²) in [5.41, 5.74) is 4.59. The van der Waals surface area contributed by atoms with Gasteiger partial charge in [0.15, 0.2) is 0 Å². The second-order valence-corrected chi connectivity index (χ2v) is 8.00. The Morgan fingerprint density at radius 2 is 1.94 bits per heavy atom. The number of hydrogen-bond acceptors (Lipinski definition) is 4. The first kappa shape index (κ1) is 22.7. The lowest BCUT2D eigenvalue weighted by atomic mass is 10.1. The van der Waals surface area contributed by atoms with Gasteiger partial charge >= 0.3 is 6.03 Å². The van der Waals surface area contributed by atoms with Crippen molar-refractivity contribution in [1.82, 2.24) is 15.0 Å². The van der Waals surface area contributed by atoms with Crippen molar-refractivity contribution in [2.75, 3.05) is 30.5 Å². The highest BCUT2D eigenvalue weighted by Gasteiger charge is 2.19. The summed E-state index contributed by atoms with van der Waals surface area (Å²) < 4.78 is 20.2. The molecule has 2 N–H and O–H groups in total. The molecule has 0 spiro atoms. The van der Waals surface area contributed by atoms with Crippen molar-refractivity contribution in [2.24, 2.45) is 0 Å². The third-order valence-electron chi connectivity index (χ3n) is 5.48. The van der Waals surface area contributed by atoms with Gasteiger partial charge in [0.1, 0.15) is 17.8 Å². The minimum Gasteiger partial charge on any atom is -0.383 e. The molecule has 7 nitrogen and oxygen atoms in total. The van der Waals surface area contributed by atoms with Gasteiger partial charge < -0.3 is 15.0 Å². The van der Waals surface area contributed by atoms with E-state index in [-0.39, 0.29) is 12.2 Å². The molecule has 0 saturated heterocycles. The Kier molecular flexibility index (Phi) is 6.57. The smallest absolute Gasteiger partial charge is 0.326 e. The van der Waals surface area contributed by atoms with Gasteiger partial charge in [-0.15, -0.1) is 0 Å². The zero-order valence-electron chi connectivity index (χ0n) is 18.4. The van der Waals surface area contributed by atoms with Crippen molar-refractivity contribution >= 4 is 40.0 Å². The van der Waals surface area contributed by atoms with E-state index in [9.17, 15) is 4.79 Å². The first-order valence-electron chi connectivity index (χ1n) is 10.3. The molecule has 170 valence electrons. The number of aryl methyl sites for hydroxylation is 2. The molecule has 4 rings (SSSR count). The number of carbonyl (C=O) groups excluding carboxylic acids is 1. The maximum Gasteiger partial charge on any atom is 0.326 e. The average Bonchev–Trinajstić information content (AvgIpc) is 3.10. The van der Waals surface area contributed by atoms with Gasteiger partial charge in [0.25, 0.3) is 0 Å². The molecule has 0 radical (unpaired) electrons. The second kappa shape index (κ2) is 9.56. The summed E-state index contributed by atoms with van der Waals surface area (Å²) in [5, 5.41) is 4.05. The molecular weight excluding hydrogens is 445 g/mol. The summed E-state index contributed by atoms with van der Waals surface area (Å²) in [6.45, 7) is 4.53. The van der Waals surface area contributed by atoms with E-state index in [1.54, 1.807) is 37.4 Å². The number of fused-ring (bicyclic) bond motifs is 1. The third-order valence-corrected chi connectivity index (χ3v) is 5.73. The quantitative estimate of drug-likeness (QED) is 0.380. The molecule has 2 heterocycles. The van der Waals surface area contributed by atoms with E-state index < -0.39 is 11.8 Å². The summed E-state index contributed by atoms with van der Waals surface area (Å²) in [7, 11) is 1.55. The fraction of sp³-hybridized carbons (Fsp3) is 0.208. The minimum absolute atomic E-state index is 0.0624. The van der Waals surface area contributed by atoms with E-state index in [4.69, 9.17) is 16.3 Å². The molecule has 0 aliphatic rings. The van der Waals surface area contributed by atoms with Crippen LogP contribution in [0.5, 0.6) is 0 Å². The highest BCUT2D eigenvalue weighted by Crippen LogP contribution is 2.31. The Morgan fingerprint density at radius 1 is 1.18 bits per heavy atom. The van der Waals surface area contributed by atoms with Crippen LogP contribution in [0.3, 0.4) is 0 Å². The van der Waals surface area contributed by atoms with E-state index >= 15 is 4.39 Å². The highest BCUT2D eigenvalue weighted by atomic mass is 35.5. The van der Waals surface area contributed by atoms with Gasteiger partial charge in [-0.2, -0.15) is 0 Å². The molecule has 33 heavy (non-hydrogen) atoms. The number of hydrogen-bond donors (Lipinski definition) is 2. The Balaban J connectivity index is 1.62. The van der Waals surface area contributed by atoms with Crippen molar-refractivity contribution in [2.45, 2.75) is 13.8 Å². The van der Waals surface area contributed by atoms with E-state index in [2.05, 4.69) is 20.3 Å². The number of benzene rings is 2. The predicted octanol–water partition coefficient (Wildman–Crippen LogP) is 5.72. The van der Waals surface area contributed by atoms with Crippen LogP contribution in [-0.2, 0) is 4.74 Å². The fourth-order valence-electron chi connectivity index (χ4n) is 3.61. The highest BCUT2D eigenvalue weighted by molar-refractivity contribution is 6.30. The van der Waals surface area contributed by atoms with E-state index in [0.29, 0.717) is 34.2 Å². The summed E-state index contributed by atoms with van der Waals surface area (Å²) in [5.74, 6) is -0.569. The Morgan fingerprint density at radius 3 is 2.64 bits per heavy atom. The van der Waals surface area contributed by atoms with E-state index in [1.165, 1.54) is 23.4 Å². The lowest BCUT2D eigenvalue weighted by molar-refractivity contribution is 0.204. The van der Waals surface area contributed by atoms with Crippen LogP contribution in [-0.4, -0.2) is 41.2 Å². The van der Waals surface area contributed by atoms with Crippen molar-refractivity contribution in [3.05, 3.63) is 70.9 Å². The van der Waals surface area contributed by atoms with Crippen molar-refractivity contribution < 1.29 is 13.9 Å². The second-order valence-electron chi connectivity index (χ2n) is 7.57. The first-order chi connectivity index (χ1) is 15.9. The minimum atomic E-state index is -0.569. The summed E-state index contributed by atoms with van der Waals surface area (Å²) >= 11 is 5.96. The lowest BCUT2D eigenvalue weighted by Crippen LogP contribution is -2.37. The van der Waals surface area contributed by atoms with E-state index in [0.717, 1.165) is 16.6 Å². The lowest BCUT2D eigenvalue weighted by Gasteiger charge is -2.23. The Hall–Kier alpha value is -3.49. The van der Waals surface area contributed by atoms with Crippen molar-refractivity contribution in [3.8, 4) is 11.3 Å². The molecule has 9 heteroatoms. The number of ether oxygens (including phenoxy) is 1. The van der Waals surface area contributed by atoms with Crippen LogP contribution >= 0.6 is 11.6 Å². The number of rotatable bonds is 6. The molecule has 0 unspecified atom stereocenters. The topological polar surface area (TPSA) is 83.1 Å². The maximum absolute atomic E-state index is 15.0. The number of aromatic amines is 1. The third kappa shape index (κ3) is 4.67. The number of methoxy groups -OCH3 is 1. The van der Waals surface area contributed by atoms with Gasteiger partial charge in [0.05, 0.1) is 24.5 Å². The molecule has 0 fully saturated rings. The zero-order valence-corrected chi connectivity index (χ0v) is 19.2. The molecule has 0 bridgehead atoms. The van der Waals surface area contributed by atoms with Gasteiger partial charge in [-0.3, -0.25) is 4.90 Å². The number of amides is 2. The van der Waals surface area contributed by atoms with Crippen molar-refractivity contribution in [3.63, 3.8) is 0 Å². The Labute approximate surface area is 195 Å². The summed E-state index contributed by atoms with van der Waals surface area (Å²) in [6, 6.07) is 10.9. The SMILES string of the molecule is COCCN(C(=O)Nc1ccc(-c2ncnc3[nH]c(C)c(C)c23)cc1F)c1ccc(Cl)cc1. The maximum atomic E-state index is 15.0. The molecule has 0 aliphatic carbocycles. The van der Waals surface area contributed by atoms with Gasteiger partial charge in [-0.25, -0.2) is 19.2 Å². The number of carbonyl (C=O) groups is 1. The van der Waals surface area contributed by atoms with Crippen molar-refractivity contribution in [1.29, 1.82) is 0 Å². The van der Waals surface area contributed by atoms with Gasteiger partial charge in [0, 0.05) is 34.5 Å². The number of anilines is 2. The van der Waals surface area contributed by atoms with Gasteiger partial charge in [-0.1, -0.05) is 17.7 Å². The number of urea groups is 1. The summed E-state index contributed by atoms with van der Waals surface area (Å²) in [4.78, 5) is 26.3. The molecular formula is C24H23ClFN5O2. The van der Waals surface area contributed by atoms with Crippen LogP contribution in [0, 0.1) is 19.7 Å². The molecule has 0 saturated carbocycles. The van der Waals surface area contributed by atoms with Gasteiger partial charge in [0.2, 0.25) is 0 Å². The molecule has 4 aromatic rings. The van der Waals surface area contributed by atoms with Crippen LogP contribution in [0.25, 0.3) is 22.3 Å².